The molecule has 0 aliphatic rings. The van der Waals surface area contributed by atoms with Crippen LogP contribution >= 0.6 is 0 Å². The van der Waals surface area contributed by atoms with Gasteiger partial charge in [0.1, 0.15) is 11.4 Å². The first-order valence-corrected chi connectivity index (χ1v) is 4.77. The van der Waals surface area contributed by atoms with Gasteiger partial charge in [-0.2, -0.15) is 13.2 Å². The van der Waals surface area contributed by atoms with Crippen molar-refractivity contribution in [3.8, 4) is 0 Å². The van der Waals surface area contributed by atoms with Crippen LogP contribution in [0.4, 0.5) is 19.0 Å². The molecule has 96 valence electrons. The maximum atomic E-state index is 12.2. The zero-order chi connectivity index (χ0) is 13.6. The zero-order valence-corrected chi connectivity index (χ0v) is 9.63. The van der Waals surface area contributed by atoms with E-state index in [1.165, 1.54) is 0 Å². The topological polar surface area (TPSA) is 65.2 Å². The van der Waals surface area contributed by atoms with Crippen LogP contribution in [0.3, 0.4) is 0 Å². The van der Waals surface area contributed by atoms with E-state index in [0.717, 1.165) is 7.11 Å². The fraction of sp³-hybridized carbons (Fsp3) is 0.400. The average molecular weight is 250 g/mol. The Morgan fingerprint density at radius 1 is 1.41 bits per heavy atom. The molecule has 0 saturated carbocycles. The van der Waals surface area contributed by atoms with Crippen molar-refractivity contribution in [1.82, 2.24) is 4.98 Å². The number of nitrogen functional groups attached to an aromatic ring is 1. The van der Waals surface area contributed by atoms with Gasteiger partial charge in [-0.3, -0.25) is 0 Å². The quantitative estimate of drug-likeness (QED) is 0.778. The van der Waals surface area contributed by atoms with Gasteiger partial charge in [-0.15, -0.1) is 0 Å². The van der Waals surface area contributed by atoms with Gasteiger partial charge < -0.3 is 10.5 Å². The van der Waals surface area contributed by atoms with Crippen molar-refractivity contribution in [1.29, 1.82) is 0 Å². The highest BCUT2D eigenvalue weighted by atomic mass is 19.4. The lowest BCUT2D eigenvalue weighted by Gasteiger charge is -2.08. The van der Waals surface area contributed by atoms with Gasteiger partial charge in [0.25, 0.3) is 0 Å². The van der Waals surface area contributed by atoms with Gasteiger partial charge in [0.2, 0.25) is 0 Å². The van der Waals surface area contributed by atoms with Crippen molar-refractivity contribution in [2.75, 3.05) is 12.8 Å². The maximum absolute atomic E-state index is 12.2. The second-order valence-electron chi connectivity index (χ2n) is 2.65. The second kappa shape index (κ2) is 6.07. The molecule has 1 heterocycles. The van der Waals surface area contributed by atoms with Crippen LogP contribution < -0.4 is 5.73 Å². The number of nitrogens with zero attached hydrogens (tertiary/aromatic N) is 1. The van der Waals surface area contributed by atoms with E-state index in [1.807, 2.05) is 13.8 Å². The fourth-order valence-electron chi connectivity index (χ4n) is 0.904. The molecule has 0 aromatic carbocycles. The highest BCUT2D eigenvalue weighted by Gasteiger charge is 2.32. The minimum Gasteiger partial charge on any atom is -0.465 e. The molecule has 0 saturated heterocycles. The third kappa shape index (κ3) is 3.93. The lowest BCUT2D eigenvalue weighted by molar-refractivity contribution is -0.137. The molecule has 17 heavy (non-hydrogen) atoms. The van der Waals surface area contributed by atoms with Crippen LogP contribution in [0.15, 0.2) is 12.3 Å². The lowest BCUT2D eigenvalue weighted by Crippen LogP contribution is -2.12. The first kappa shape index (κ1) is 15.2. The van der Waals surface area contributed by atoms with E-state index in [0.29, 0.717) is 12.3 Å². The molecule has 1 aromatic heterocycles. The normalized spacial score (nSPS) is 10.2. The molecule has 0 fully saturated rings. The number of esters is 1. The second-order valence-corrected chi connectivity index (χ2v) is 2.65. The summed E-state index contributed by atoms with van der Waals surface area (Å²) in [5.41, 5.74) is 3.79. The van der Waals surface area contributed by atoms with E-state index in [4.69, 9.17) is 5.73 Å². The Balaban J connectivity index is 0.00000121. The monoisotopic (exact) mass is 250 g/mol. The summed E-state index contributed by atoms with van der Waals surface area (Å²) in [5, 5.41) is 0. The summed E-state index contributed by atoms with van der Waals surface area (Å²) in [6, 6.07) is 0.605. The number of pyridine rings is 1. The van der Waals surface area contributed by atoms with Crippen LogP contribution in [-0.2, 0) is 10.9 Å². The van der Waals surface area contributed by atoms with Gasteiger partial charge in [0.05, 0.1) is 12.7 Å². The molecule has 0 unspecified atom stereocenters. The van der Waals surface area contributed by atoms with E-state index in [1.54, 1.807) is 0 Å². The lowest BCUT2D eigenvalue weighted by atomic mass is 10.2. The fourth-order valence-corrected chi connectivity index (χ4v) is 0.904. The molecule has 2 N–H and O–H groups in total. The van der Waals surface area contributed by atoms with Crippen molar-refractivity contribution in [3.63, 3.8) is 0 Å². The molecule has 0 aliphatic heterocycles. The number of anilines is 1. The largest absolute Gasteiger partial charge is 0.465 e. The molecule has 1 rings (SSSR count). The zero-order valence-electron chi connectivity index (χ0n) is 9.63. The summed E-state index contributed by atoms with van der Waals surface area (Å²) in [6.07, 6.45) is -4.01. The Morgan fingerprint density at radius 3 is 2.35 bits per heavy atom. The van der Waals surface area contributed by atoms with E-state index in [9.17, 15) is 18.0 Å². The number of aromatic nitrogens is 1. The summed E-state index contributed by atoms with van der Waals surface area (Å²) in [4.78, 5) is 14.3. The molecule has 0 bridgehead atoms. The molecule has 0 aliphatic carbocycles. The van der Waals surface area contributed by atoms with Crippen LogP contribution in [0, 0.1) is 0 Å². The summed E-state index contributed by atoms with van der Waals surface area (Å²) in [7, 11) is 1.04. The molecule has 0 atom stereocenters. The predicted molar refractivity (Wildman–Crippen MR) is 56.3 cm³/mol. The Bertz CT molecular complexity index is 392. The number of ether oxygens (including phenoxy) is 1. The summed E-state index contributed by atoms with van der Waals surface area (Å²) in [6.45, 7) is 4.00. The van der Waals surface area contributed by atoms with E-state index in [-0.39, 0.29) is 5.82 Å². The Kier molecular flexibility index (Phi) is 5.43. The molecular formula is C10H13F3N2O2. The molecular weight excluding hydrogens is 237 g/mol. The number of carbonyl (C=O) groups is 1. The van der Waals surface area contributed by atoms with Crippen LogP contribution in [0.5, 0.6) is 0 Å². The Labute approximate surface area is 96.6 Å². The van der Waals surface area contributed by atoms with Crippen molar-refractivity contribution in [3.05, 3.63) is 23.4 Å². The SMILES string of the molecule is CC.COC(=O)c1cc(C(F)(F)F)cnc1N. The van der Waals surface area contributed by atoms with Gasteiger partial charge in [-0.25, -0.2) is 9.78 Å². The molecule has 0 amide bonds. The van der Waals surface area contributed by atoms with Crippen LogP contribution in [-0.4, -0.2) is 18.1 Å². The van der Waals surface area contributed by atoms with Crippen molar-refractivity contribution in [2.45, 2.75) is 20.0 Å². The number of halogens is 3. The van der Waals surface area contributed by atoms with Crippen LogP contribution in [0.2, 0.25) is 0 Å². The number of alkyl halides is 3. The molecule has 7 heteroatoms. The molecule has 0 spiro atoms. The smallest absolute Gasteiger partial charge is 0.417 e. The number of nitrogens with two attached hydrogens (primary N) is 1. The number of hydrogen-bond donors (Lipinski definition) is 1. The number of hydrogen-bond acceptors (Lipinski definition) is 4. The van der Waals surface area contributed by atoms with Gasteiger partial charge in [-0.05, 0) is 6.07 Å². The third-order valence-corrected chi connectivity index (χ3v) is 1.65. The summed E-state index contributed by atoms with van der Waals surface area (Å²) < 4.78 is 41.0. The van der Waals surface area contributed by atoms with Gasteiger partial charge in [0.15, 0.2) is 0 Å². The van der Waals surface area contributed by atoms with Gasteiger partial charge in [-0.1, -0.05) is 13.8 Å². The first-order chi connectivity index (χ1) is 7.86. The minimum atomic E-state index is -4.57. The van der Waals surface area contributed by atoms with Gasteiger partial charge >= 0.3 is 12.1 Å². The minimum absolute atomic E-state index is 0.296. The van der Waals surface area contributed by atoms with Crippen molar-refractivity contribution in [2.24, 2.45) is 0 Å². The summed E-state index contributed by atoms with van der Waals surface area (Å²) in [5.74, 6) is -1.25. The van der Waals surface area contributed by atoms with Crippen LogP contribution in [0.25, 0.3) is 0 Å². The summed E-state index contributed by atoms with van der Waals surface area (Å²) >= 11 is 0. The van der Waals surface area contributed by atoms with Crippen molar-refractivity contribution >= 4 is 11.8 Å². The number of rotatable bonds is 1. The standard InChI is InChI=1S/C8H7F3N2O2.C2H6/c1-15-7(14)5-2-4(8(9,10)11)3-13-6(5)12;1-2/h2-3H,1H3,(H2,12,13);1-2H3. The van der Waals surface area contributed by atoms with E-state index in [2.05, 4.69) is 9.72 Å². The van der Waals surface area contributed by atoms with Crippen LogP contribution in [0.1, 0.15) is 29.8 Å². The molecule has 0 radical (unpaired) electrons. The van der Waals surface area contributed by atoms with E-state index < -0.39 is 23.3 Å². The third-order valence-electron chi connectivity index (χ3n) is 1.65. The molecule has 1 aromatic rings. The van der Waals surface area contributed by atoms with E-state index >= 15 is 0 Å². The molecule has 4 nitrogen and oxygen atoms in total. The Hall–Kier alpha value is -1.79. The Morgan fingerprint density at radius 2 is 1.94 bits per heavy atom. The average Bonchev–Trinajstić information content (AvgIpc) is 2.30. The predicted octanol–water partition coefficient (Wildman–Crippen LogP) is 2.50. The number of methoxy groups -OCH3 is 1. The first-order valence-electron chi connectivity index (χ1n) is 4.77. The highest BCUT2D eigenvalue weighted by molar-refractivity contribution is 5.94. The maximum Gasteiger partial charge on any atom is 0.417 e. The van der Waals surface area contributed by atoms with Crippen molar-refractivity contribution < 1.29 is 22.7 Å². The number of carbonyl (C=O) groups excluding carboxylic acids is 1. The highest BCUT2D eigenvalue weighted by Crippen LogP contribution is 2.30. The van der Waals surface area contributed by atoms with Gasteiger partial charge in [0, 0.05) is 6.20 Å².